The summed E-state index contributed by atoms with van der Waals surface area (Å²) in [6.07, 6.45) is 6.60. The van der Waals surface area contributed by atoms with Crippen molar-refractivity contribution in [1.82, 2.24) is 0 Å². The average molecular weight is 452 g/mol. The minimum Gasteiger partial charge on any atom is -0.395 e. The van der Waals surface area contributed by atoms with Crippen LogP contribution in [0.5, 0.6) is 0 Å². The van der Waals surface area contributed by atoms with Crippen LogP contribution in [0.3, 0.4) is 0 Å². The number of hydrogen-bond donors (Lipinski definition) is 1. The normalized spacial score (nSPS) is 15.1. The standard InChI is InChI=1S/C23H21N3OS3/c1-26(8-9-27)21-12-20-23(29-21)22-19(30(20,2)3)11-18(28-22)10-17(14-25)16-6-4-15(13-24)5-7-16/h4-7,10-12,27H,8-9H2,1-3H3/b17-10+. The molecule has 1 aromatic carbocycles. The minimum atomic E-state index is -1.10. The van der Waals surface area contributed by atoms with Gasteiger partial charge in [-0.1, -0.05) is 12.1 Å². The van der Waals surface area contributed by atoms with E-state index in [0.29, 0.717) is 17.7 Å². The van der Waals surface area contributed by atoms with Crippen molar-refractivity contribution in [3.63, 3.8) is 0 Å². The lowest BCUT2D eigenvalue weighted by molar-refractivity contribution is 0.304. The van der Waals surface area contributed by atoms with Crippen LogP contribution in [-0.4, -0.2) is 37.8 Å². The van der Waals surface area contributed by atoms with Crippen LogP contribution >= 0.6 is 32.7 Å². The SMILES string of the molecule is CN(CCO)c1cc2c(s1)-c1sc(/C=C(\C#N)c3ccc(C#N)cc3)cc1S2(C)C. The van der Waals surface area contributed by atoms with Gasteiger partial charge in [-0.05, 0) is 48.4 Å². The van der Waals surface area contributed by atoms with Gasteiger partial charge in [-0.25, -0.2) is 0 Å². The quantitative estimate of drug-likeness (QED) is 0.510. The maximum atomic E-state index is 9.69. The Morgan fingerprint density at radius 3 is 2.40 bits per heavy atom. The van der Waals surface area contributed by atoms with Crippen LogP contribution in [0.4, 0.5) is 5.00 Å². The Labute approximate surface area is 186 Å². The monoisotopic (exact) mass is 451 g/mol. The van der Waals surface area contributed by atoms with Crippen molar-refractivity contribution in [2.45, 2.75) is 9.79 Å². The lowest BCUT2D eigenvalue weighted by Gasteiger charge is -2.26. The highest BCUT2D eigenvalue weighted by Gasteiger charge is 2.36. The van der Waals surface area contributed by atoms with E-state index in [1.165, 1.54) is 24.5 Å². The molecule has 1 aliphatic heterocycles. The molecule has 4 nitrogen and oxygen atoms in total. The van der Waals surface area contributed by atoms with E-state index < -0.39 is 10.0 Å². The number of thiophene rings is 2. The number of anilines is 1. The van der Waals surface area contributed by atoms with Gasteiger partial charge in [0, 0.05) is 28.3 Å². The molecule has 2 aromatic heterocycles. The summed E-state index contributed by atoms with van der Waals surface area (Å²) in [5, 5.41) is 29.1. The smallest absolute Gasteiger partial charge is 0.0998 e. The number of likely N-dealkylation sites (N-methyl/N-ethyl adjacent to an activating group) is 1. The highest BCUT2D eigenvalue weighted by atomic mass is 32.3. The molecule has 1 aliphatic rings. The molecule has 0 aliphatic carbocycles. The summed E-state index contributed by atoms with van der Waals surface area (Å²) in [7, 11) is 0.909. The molecule has 0 amide bonds. The van der Waals surface area contributed by atoms with Crippen LogP contribution in [-0.2, 0) is 0 Å². The number of hydrogen-bond acceptors (Lipinski definition) is 6. The molecule has 3 aromatic rings. The van der Waals surface area contributed by atoms with Crippen LogP contribution in [0.1, 0.15) is 16.0 Å². The number of allylic oxidation sites excluding steroid dienone is 1. The molecule has 0 bridgehead atoms. The van der Waals surface area contributed by atoms with E-state index in [1.54, 1.807) is 34.8 Å². The number of rotatable bonds is 5. The summed E-state index contributed by atoms with van der Waals surface area (Å²) in [5.74, 6) is 0. The van der Waals surface area contributed by atoms with Gasteiger partial charge in [0.25, 0.3) is 0 Å². The predicted octanol–water partition coefficient (Wildman–Crippen LogP) is 5.64. The molecule has 1 N–H and O–H groups in total. The fourth-order valence-electron chi connectivity index (χ4n) is 3.51. The van der Waals surface area contributed by atoms with Crippen LogP contribution in [0, 0.1) is 22.7 Å². The van der Waals surface area contributed by atoms with Gasteiger partial charge in [-0.2, -0.15) is 20.6 Å². The van der Waals surface area contributed by atoms with E-state index in [1.807, 2.05) is 25.3 Å². The molecule has 0 radical (unpaired) electrons. The van der Waals surface area contributed by atoms with Crippen molar-refractivity contribution in [1.29, 1.82) is 10.5 Å². The van der Waals surface area contributed by atoms with Crippen LogP contribution in [0.25, 0.3) is 21.4 Å². The summed E-state index contributed by atoms with van der Waals surface area (Å²) in [5.41, 5.74) is 2.01. The number of aliphatic hydroxyl groups is 1. The van der Waals surface area contributed by atoms with Gasteiger partial charge < -0.3 is 10.0 Å². The lowest BCUT2D eigenvalue weighted by atomic mass is 10.0. The molecule has 0 unspecified atom stereocenters. The first-order chi connectivity index (χ1) is 14.4. The van der Waals surface area contributed by atoms with Crippen molar-refractivity contribution < 1.29 is 5.11 Å². The van der Waals surface area contributed by atoms with E-state index in [0.717, 1.165) is 10.4 Å². The fraction of sp³-hybridized carbons (Fsp3) is 0.217. The minimum absolute atomic E-state index is 0.140. The second kappa shape index (κ2) is 7.94. The lowest BCUT2D eigenvalue weighted by Crippen LogP contribution is -2.19. The maximum Gasteiger partial charge on any atom is 0.0998 e. The molecule has 152 valence electrons. The third kappa shape index (κ3) is 3.45. The predicted molar refractivity (Wildman–Crippen MR) is 129 cm³/mol. The van der Waals surface area contributed by atoms with Gasteiger partial charge in [0.2, 0.25) is 0 Å². The molecule has 3 heterocycles. The molecule has 0 atom stereocenters. The number of nitrogens with zero attached hydrogens (tertiary/aromatic N) is 3. The average Bonchev–Trinajstić information content (AvgIpc) is 3.41. The molecule has 7 heteroatoms. The number of aliphatic hydroxyl groups excluding tert-OH is 1. The molecule has 4 rings (SSSR count). The van der Waals surface area contributed by atoms with Gasteiger partial charge in [0.05, 0.1) is 44.6 Å². The number of fused-ring (bicyclic) bond motifs is 3. The summed E-state index contributed by atoms with van der Waals surface area (Å²) >= 11 is 3.52. The zero-order chi connectivity index (χ0) is 21.5. The van der Waals surface area contributed by atoms with Gasteiger partial charge in [-0.3, -0.25) is 0 Å². The van der Waals surface area contributed by atoms with E-state index in [9.17, 15) is 10.4 Å². The first-order valence-corrected chi connectivity index (χ1v) is 13.4. The summed E-state index contributed by atoms with van der Waals surface area (Å²) < 4.78 is 0. The first kappa shape index (κ1) is 20.7. The van der Waals surface area contributed by atoms with Gasteiger partial charge in [0.15, 0.2) is 0 Å². The van der Waals surface area contributed by atoms with Crippen LogP contribution in [0.15, 0.2) is 46.2 Å². The van der Waals surface area contributed by atoms with Gasteiger partial charge in [0.1, 0.15) is 0 Å². The second-order valence-corrected chi connectivity index (χ2v) is 13.1. The third-order valence-corrected chi connectivity index (χ3v) is 10.8. The molecule has 0 spiro atoms. The van der Waals surface area contributed by atoms with Gasteiger partial charge in [-0.15, -0.1) is 22.7 Å². The molecule has 0 saturated heterocycles. The first-order valence-electron chi connectivity index (χ1n) is 9.35. The fourth-order valence-corrected chi connectivity index (χ4v) is 9.68. The zero-order valence-corrected chi connectivity index (χ0v) is 19.4. The molecule has 30 heavy (non-hydrogen) atoms. The summed E-state index contributed by atoms with van der Waals surface area (Å²) in [4.78, 5) is 8.61. The Morgan fingerprint density at radius 1 is 1.10 bits per heavy atom. The van der Waals surface area contributed by atoms with Gasteiger partial charge >= 0.3 is 0 Å². The van der Waals surface area contributed by atoms with Crippen molar-refractivity contribution in [2.75, 3.05) is 37.6 Å². The summed E-state index contributed by atoms with van der Waals surface area (Å²) in [6.45, 7) is 0.761. The van der Waals surface area contributed by atoms with E-state index >= 15 is 0 Å². The van der Waals surface area contributed by atoms with Crippen molar-refractivity contribution in [3.8, 4) is 21.9 Å². The number of nitriles is 2. The van der Waals surface area contributed by atoms with Crippen LogP contribution in [0.2, 0.25) is 0 Å². The Balaban J connectivity index is 1.73. The Kier molecular flexibility index (Phi) is 5.48. The Hall–Kier alpha value is -2.55. The van der Waals surface area contributed by atoms with Crippen molar-refractivity contribution >= 4 is 49.4 Å². The Morgan fingerprint density at radius 2 is 1.77 bits per heavy atom. The molecular formula is C23H21N3OS3. The number of benzene rings is 1. The highest BCUT2D eigenvalue weighted by molar-refractivity contribution is 8.33. The third-order valence-electron chi connectivity index (χ3n) is 5.25. The van der Waals surface area contributed by atoms with E-state index in [2.05, 4.69) is 41.7 Å². The zero-order valence-electron chi connectivity index (χ0n) is 17.0. The summed E-state index contributed by atoms with van der Waals surface area (Å²) in [6, 6.07) is 16.1. The van der Waals surface area contributed by atoms with E-state index in [-0.39, 0.29) is 6.61 Å². The van der Waals surface area contributed by atoms with Crippen LogP contribution < -0.4 is 4.90 Å². The largest absolute Gasteiger partial charge is 0.395 e. The second-order valence-electron chi connectivity index (χ2n) is 7.45. The van der Waals surface area contributed by atoms with Crippen molar-refractivity contribution in [3.05, 3.63) is 52.4 Å². The van der Waals surface area contributed by atoms with E-state index in [4.69, 9.17) is 5.26 Å². The topological polar surface area (TPSA) is 71.0 Å². The molecule has 0 saturated carbocycles. The molecular weight excluding hydrogens is 430 g/mol. The maximum absolute atomic E-state index is 9.69. The highest BCUT2D eigenvalue weighted by Crippen LogP contribution is 2.71. The molecule has 0 fully saturated rings. The Bertz CT molecular complexity index is 1220. The van der Waals surface area contributed by atoms with Crippen molar-refractivity contribution in [2.24, 2.45) is 0 Å².